The maximum absolute atomic E-state index is 2.55. The van der Waals surface area contributed by atoms with Crippen LogP contribution in [0.25, 0.3) is 0 Å². The van der Waals surface area contributed by atoms with Crippen LogP contribution in [0.3, 0.4) is 0 Å². The van der Waals surface area contributed by atoms with Gasteiger partial charge in [-0.3, -0.25) is 0 Å². The Labute approximate surface area is 78.5 Å². The summed E-state index contributed by atoms with van der Waals surface area (Å²) in [5, 5.41) is 1.24. The molecule has 72 valence electrons. The van der Waals surface area contributed by atoms with Gasteiger partial charge in [-0.05, 0) is 47.0 Å². The van der Waals surface area contributed by atoms with Crippen molar-refractivity contribution >= 4 is 7.26 Å². The topological polar surface area (TPSA) is 0 Å². The van der Waals surface area contributed by atoms with Crippen LogP contribution in [0, 0.1) is 0 Å². The minimum absolute atomic E-state index is 0.620. The molecule has 0 atom stereocenters. The van der Waals surface area contributed by atoms with Gasteiger partial charge < -0.3 is 0 Å². The highest BCUT2D eigenvalue weighted by atomic mass is 31.2. The van der Waals surface area contributed by atoms with Gasteiger partial charge in [0, 0.05) is 20.6 Å². The van der Waals surface area contributed by atoms with E-state index in [4.69, 9.17) is 0 Å². The van der Waals surface area contributed by atoms with E-state index in [1.807, 2.05) is 0 Å². The minimum atomic E-state index is -0.742. The number of hydrogen-bond acceptors (Lipinski definition) is 0. The van der Waals surface area contributed by atoms with Crippen molar-refractivity contribution in [3.63, 3.8) is 0 Å². The van der Waals surface area contributed by atoms with Crippen LogP contribution in [-0.2, 0) is 0 Å². The summed E-state index contributed by atoms with van der Waals surface area (Å²) in [4.78, 5) is 0. The summed E-state index contributed by atoms with van der Waals surface area (Å²) in [6.45, 7) is 15.0. The van der Waals surface area contributed by atoms with E-state index in [1.54, 1.807) is 0 Å². The average molecular weight is 187 g/mol. The molecule has 0 amide bonds. The molecule has 1 rings (SSSR count). The molecule has 1 saturated heterocycles. The molecule has 0 aromatic heterocycles. The summed E-state index contributed by atoms with van der Waals surface area (Å²) in [7, 11) is -0.742. The molecule has 0 radical (unpaired) electrons. The highest BCUT2D eigenvalue weighted by Gasteiger charge is 2.56. The lowest BCUT2D eigenvalue weighted by Crippen LogP contribution is -2.40. The zero-order valence-electron chi connectivity index (χ0n) is 9.57. The highest BCUT2D eigenvalue weighted by molar-refractivity contribution is 7.77. The molecule has 1 aliphatic rings. The summed E-state index contributed by atoms with van der Waals surface area (Å²) in [5.41, 5.74) is 0. The molecule has 0 nitrogen and oxygen atoms in total. The van der Waals surface area contributed by atoms with Gasteiger partial charge in [0.1, 0.15) is 0 Å². The van der Waals surface area contributed by atoms with Gasteiger partial charge in [-0.1, -0.05) is 0 Å². The third-order valence-corrected chi connectivity index (χ3v) is 11.1. The summed E-state index contributed by atoms with van der Waals surface area (Å²) in [5.74, 6) is 0. The van der Waals surface area contributed by atoms with E-state index in [0.29, 0.717) is 10.3 Å². The highest BCUT2D eigenvalue weighted by Crippen LogP contribution is 2.76. The second-order valence-electron chi connectivity index (χ2n) is 5.93. The molecule has 0 aromatic carbocycles. The normalized spacial score (nSPS) is 31.5. The van der Waals surface area contributed by atoms with Crippen molar-refractivity contribution in [1.82, 2.24) is 0 Å². The Bertz CT molecular complexity index is 159. The molecule has 0 spiro atoms. The second-order valence-corrected chi connectivity index (χ2v) is 11.3. The fourth-order valence-electron chi connectivity index (χ4n) is 2.33. The van der Waals surface area contributed by atoms with Crippen LogP contribution in [0.5, 0.6) is 0 Å². The Hall–Kier alpha value is 0.430. The molecule has 1 fully saturated rings. The Kier molecular flexibility index (Phi) is 2.37. The van der Waals surface area contributed by atoms with Gasteiger partial charge in [-0.15, -0.1) is 0 Å². The lowest BCUT2D eigenvalue weighted by Gasteiger charge is -2.49. The smallest absolute Gasteiger partial charge is 0.0453 e. The first-order chi connectivity index (χ1) is 5.21. The van der Waals surface area contributed by atoms with Crippen LogP contribution in [0.15, 0.2) is 0 Å². The van der Waals surface area contributed by atoms with Crippen molar-refractivity contribution < 1.29 is 0 Å². The van der Waals surface area contributed by atoms with Crippen LogP contribution < -0.4 is 0 Å². The first-order valence-electron chi connectivity index (χ1n) is 5.05. The molecule has 1 heteroatoms. The van der Waals surface area contributed by atoms with Gasteiger partial charge in [0.15, 0.2) is 0 Å². The first-order valence-corrected chi connectivity index (χ1v) is 7.73. The second kappa shape index (κ2) is 2.71. The minimum Gasteiger partial charge on any atom is -0.0453 e. The maximum Gasteiger partial charge on any atom is 0.0743 e. The third kappa shape index (κ3) is 1.33. The predicted molar refractivity (Wildman–Crippen MR) is 60.8 cm³/mol. The zero-order valence-corrected chi connectivity index (χ0v) is 10.5. The summed E-state index contributed by atoms with van der Waals surface area (Å²) < 4.78 is 0. The van der Waals surface area contributed by atoms with Gasteiger partial charge in [0.05, 0.1) is 10.3 Å². The fraction of sp³-hybridized carbons (Fsp3) is 1.00. The van der Waals surface area contributed by atoms with Gasteiger partial charge in [-0.25, -0.2) is 0 Å². The van der Waals surface area contributed by atoms with Crippen molar-refractivity contribution in [3.8, 4) is 0 Å². The molecule has 1 heterocycles. The zero-order chi connectivity index (χ0) is 9.62. The quantitative estimate of drug-likeness (QED) is 0.503. The lowest BCUT2D eigenvalue weighted by atomic mass is 9.98. The molecule has 1 aliphatic heterocycles. The molecule has 0 aromatic rings. The third-order valence-electron chi connectivity index (χ3n) is 4.60. The lowest BCUT2D eigenvalue weighted by molar-refractivity contribution is 0.459. The van der Waals surface area contributed by atoms with Crippen molar-refractivity contribution in [2.24, 2.45) is 0 Å². The molecule has 0 N–H and O–H groups in total. The SMILES string of the molecule is CC1(C)CCCC(C)(C)[P+]1(C)C. The number of hydrogen-bond donors (Lipinski definition) is 0. The summed E-state index contributed by atoms with van der Waals surface area (Å²) in [6, 6.07) is 0. The van der Waals surface area contributed by atoms with E-state index >= 15 is 0 Å². The Morgan fingerprint density at radius 2 is 1.17 bits per heavy atom. The molecule has 0 aliphatic carbocycles. The van der Waals surface area contributed by atoms with E-state index in [9.17, 15) is 0 Å². The van der Waals surface area contributed by atoms with Crippen LogP contribution in [0.2, 0.25) is 0 Å². The molecular formula is C11H24P+. The summed E-state index contributed by atoms with van der Waals surface area (Å²) in [6.07, 6.45) is 4.32. The van der Waals surface area contributed by atoms with Gasteiger partial charge in [-0.2, -0.15) is 0 Å². The molecule has 12 heavy (non-hydrogen) atoms. The van der Waals surface area contributed by atoms with Crippen molar-refractivity contribution in [3.05, 3.63) is 0 Å². The van der Waals surface area contributed by atoms with E-state index in [-0.39, 0.29) is 0 Å². The fourth-order valence-corrected chi connectivity index (χ4v) is 5.40. The van der Waals surface area contributed by atoms with E-state index in [1.165, 1.54) is 19.3 Å². The van der Waals surface area contributed by atoms with Crippen molar-refractivity contribution in [2.75, 3.05) is 13.3 Å². The van der Waals surface area contributed by atoms with Gasteiger partial charge in [0.25, 0.3) is 0 Å². The molecule has 0 saturated carbocycles. The van der Waals surface area contributed by atoms with E-state index < -0.39 is 7.26 Å². The van der Waals surface area contributed by atoms with Gasteiger partial charge in [0.2, 0.25) is 0 Å². The van der Waals surface area contributed by atoms with Gasteiger partial charge >= 0.3 is 0 Å². The largest absolute Gasteiger partial charge is 0.0743 e. The van der Waals surface area contributed by atoms with E-state index in [2.05, 4.69) is 41.0 Å². The van der Waals surface area contributed by atoms with Crippen LogP contribution in [-0.4, -0.2) is 23.6 Å². The molecule has 0 bridgehead atoms. The molecule has 0 unspecified atom stereocenters. The van der Waals surface area contributed by atoms with Crippen LogP contribution in [0.4, 0.5) is 0 Å². The van der Waals surface area contributed by atoms with Crippen LogP contribution >= 0.6 is 7.26 Å². The Morgan fingerprint density at radius 1 is 0.833 bits per heavy atom. The molecular weight excluding hydrogens is 163 g/mol. The summed E-state index contributed by atoms with van der Waals surface area (Å²) >= 11 is 0. The predicted octanol–water partition coefficient (Wildman–Crippen LogP) is 4.00. The maximum atomic E-state index is 2.55. The monoisotopic (exact) mass is 187 g/mol. The average Bonchev–Trinajstić information content (AvgIpc) is 1.83. The standard InChI is InChI=1S/C11H24P/c1-10(2)8-7-9-11(3,4)12(10,5)6/h7-9H2,1-6H3/q+1. The Morgan fingerprint density at radius 3 is 1.42 bits per heavy atom. The van der Waals surface area contributed by atoms with Crippen LogP contribution in [0.1, 0.15) is 47.0 Å². The first kappa shape index (κ1) is 10.5. The van der Waals surface area contributed by atoms with E-state index in [0.717, 1.165) is 0 Å². The number of rotatable bonds is 0. The van der Waals surface area contributed by atoms with Crippen molar-refractivity contribution in [1.29, 1.82) is 0 Å². The van der Waals surface area contributed by atoms with Crippen molar-refractivity contribution in [2.45, 2.75) is 57.3 Å². The Balaban J connectivity index is 2.99.